The van der Waals surface area contributed by atoms with Crippen LogP contribution in [0.5, 0.6) is 0 Å². The van der Waals surface area contributed by atoms with Gasteiger partial charge in [-0.05, 0) is 37.6 Å². The molecule has 2 rings (SSSR count). The van der Waals surface area contributed by atoms with Crippen molar-refractivity contribution in [2.75, 3.05) is 36.5 Å². The Balaban J connectivity index is 2.11. The fourth-order valence-electron chi connectivity index (χ4n) is 2.09. The average molecular weight is 245 g/mol. The molecular weight excluding hydrogens is 226 g/mol. The maximum atomic E-state index is 8.81. The third-order valence-electron chi connectivity index (χ3n) is 3.15. The molecule has 1 aliphatic rings. The second-order valence-electron chi connectivity index (χ2n) is 4.59. The van der Waals surface area contributed by atoms with Gasteiger partial charge in [-0.2, -0.15) is 5.26 Å². The fraction of sp³-hybridized carbons (Fsp3) is 0.500. The van der Waals surface area contributed by atoms with E-state index in [1.54, 1.807) is 0 Å². The highest BCUT2D eigenvalue weighted by Gasteiger charge is 2.12. The zero-order valence-corrected chi connectivity index (χ0v) is 10.9. The molecule has 0 aliphatic carbocycles. The summed E-state index contributed by atoms with van der Waals surface area (Å²) in [5.74, 6) is 0. The predicted octanol–water partition coefficient (Wildman–Crippen LogP) is 2.16. The van der Waals surface area contributed by atoms with Gasteiger partial charge in [0.05, 0.1) is 19.3 Å². The Hall–Kier alpha value is -1.73. The van der Waals surface area contributed by atoms with Gasteiger partial charge in [0.1, 0.15) is 6.04 Å². The highest BCUT2D eigenvalue weighted by molar-refractivity contribution is 5.61. The standard InChI is InChI=1S/C14H19N3O/c1-11-9-13(17-5-7-18-8-6-17)3-4-14(11)16-12(2)10-15/h3-4,9,12,16H,5-8H2,1-2H3/t12-/m1/s1. The Bertz CT molecular complexity index is 447. The number of rotatable bonds is 3. The van der Waals surface area contributed by atoms with Gasteiger partial charge in [-0.15, -0.1) is 0 Å². The summed E-state index contributed by atoms with van der Waals surface area (Å²) >= 11 is 0. The molecule has 0 bridgehead atoms. The van der Waals surface area contributed by atoms with Gasteiger partial charge in [-0.25, -0.2) is 0 Å². The zero-order chi connectivity index (χ0) is 13.0. The smallest absolute Gasteiger partial charge is 0.111 e. The number of ether oxygens (including phenoxy) is 1. The molecule has 1 aromatic rings. The normalized spacial score (nSPS) is 17.1. The lowest BCUT2D eigenvalue weighted by atomic mass is 10.1. The molecule has 1 aromatic carbocycles. The van der Waals surface area contributed by atoms with Crippen LogP contribution in [0.25, 0.3) is 0 Å². The Morgan fingerprint density at radius 2 is 2.11 bits per heavy atom. The van der Waals surface area contributed by atoms with Crippen LogP contribution in [0.2, 0.25) is 0 Å². The minimum atomic E-state index is -0.169. The van der Waals surface area contributed by atoms with Crippen LogP contribution in [0.3, 0.4) is 0 Å². The Morgan fingerprint density at radius 3 is 2.72 bits per heavy atom. The third-order valence-corrected chi connectivity index (χ3v) is 3.15. The Kier molecular flexibility index (Phi) is 4.06. The maximum Gasteiger partial charge on any atom is 0.111 e. The van der Waals surface area contributed by atoms with Crippen molar-refractivity contribution >= 4 is 11.4 Å². The Labute approximate surface area is 108 Å². The van der Waals surface area contributed by atoms with Crippen molar-refractivity contribution in [1.29, 1.82) is 5.26 Å². The van der Waals surface area contributed by atoms with Gasteiger partial charge < -0.3 is 15.0 Å². The molecule has 1 N–H and O–H groups in total. The summed E-state index contributed by atoms with van der Waals surface area (Å²) in [6.07, 6.45) is 0. The highest BCUT2D eigenvalue weighted by Crippen LogP contribution is 2.23. The molecule has 1 heterocycles. The summed E-state index contributed by atoms with van der Waals surface area (Å²) < 4.78 is 5.35. The van der Waals surface area contributed by atoms with Crippen molar-refractivity contribution in [3.8, 4) is 6.07 Å². The van der Waals surface area contributed by atoms with Gasteiger partial charge in [0.2, 0.25) is 0 Å². The first-order chi connectivity index (χ1) is 8.70. The second-order valence-corrected chi connectivity index (χ2v) is 4.59. The van der Waals surface area contributed by atoms with Gasteiger partial charge in [0.25, 0.3) is 0 Å². The van der Waals surface area contributed by atoms with E-state index >= 15 is 0 Å². The van der Waals surface area contributed by atoms with Crippen molar-refractivity contribution < 1.29 is 4.74 Å². The van der Waals surface area contributed by atoms with E-state index in [0.29, 0.717) is 0 Å². The largest absolute Gasteiger partial charge is 0.378 e. The van der Waals surface area contributed by atoms with Crippen LogP contribution < -0.4 is 10.2 Å². The number of nitrogens with zero attached hydrogens (tertiary/aromatic N) is 2. The van der Waals surface area contributed by atoms with Crippen molar-refractivity contribution in [2.45, 2.75) is 19.9 Å². The zero-order valence-electron chi connectivity index (χ0n) is 10.9. The van der Waals surface area contributed by atoms with Crippen LogP contribution in [0.1, 0.15) is 12.5 Å². The lowest BCUT2D eigenvalue weighted by Crippen LogP contribution is -2.36. The summed E-state index contributed by atoms with van der Waals surface area (Å²) in [6, 6.07) is 8.33. The summed E-state index contributed by atoms with van der Waals surface area (Å²) in [6.45, 7) is 7.41. The van der Waals surface area contributed by atoms with Crippen molar-refractivity contribution in [3.05, 3.63) is 23.8 Å². The molecule has 0 spiro atoms. The molecule has 1 aliphatic heterocycles. The molecule has 4 heteroatoms. The number of morpholine rings is 1. The van der Waals surface area contributed by atoms with Gasteiger partial charge in [0.15, 0.2) is 0 Å². The van der Waals surface area contributed by atoms with Crippen LogP contribution in [0.4, 0.5) is 11.4 Å². The van der Waals surface area contributed by atoms with Crippen LogP contribution in [0.15, 0.2) is 18.2 Å². The molecule has 0 radical (unpaired) electrons. The maximum absolute atomic E-state index is 8.81. The summed E-state index contributed by atoms with van der Waals surface area (Å²) in [5, 5.41) is 12.0. The summed E-state index contributed by atoms with van der Waals surface area (Å²) in [5.41, 5.74) is 3.42. The van der Waals surface area contributed by atoms with Crippen LogP contribution in [-0.4, -0.2) is 32.3 Å². The van der Waals surface area contributed by atoms with Crippen LogP contribution in [-0.2, 0) is 4.74 Å². The molecule has 0 saturated carbocycles. The van der Waals surface area contributed by atoms with E-state index in [0.717, 1.165) is 32.0 Å². The average Bonchev–Trinajstić information content (AvgIpc) is 2.42. The van der Waals surface area contributed by atoms with Gasteiger partial charge in [-0.1, -0.05) is 0 Å². The van der Waals surface area contributed by atoms with Crippen molar-refractivity contribution in [3.63, 3.8) is 0 Å². The molecule has 18 heavy (non-hydrogen) atoms. The number of anilines is 2. The minimum absolute atomic E-state index is 0.169. The summed E-state index contributed by atoms with van der Waals surface area (Å²) in [7, 11) is 0. The minimum Gasteiger partial charge on any atom is -0.378 e. The number of hydrogen-bond donors (Lipinski definition) is 1. The predicted molar refractivity (Wildman–Crippen MR) is 72.9 cm³/mol. The van der Waals surface area contributed by atoms with Crippen LogP contribution >= 0.6 is 0 Å². The van der Waals surface area contributed by atoms with E-state index < -0.39 is 0 Å². The Morgan fingerprint density at radius 1 is 1.39 bits per heavy atom. The first-order valence-corrected chi connectivity index (χ1v) is 6.30. The lowest BCUT2D eigenvalue weighted by Gasteiger charge is -2.29. The molecule has 0 amide bonds. The molecule has 0 unspecified atom stereocenters. The molecule has 96 valence electrons. The second kappa shape index (κ2) is 5.74. The first-order valence-electron chi connectivity index (χ1n) is 6.30. The highest BCUT2D eigenvalue weighted by atomic mass is 16.5. The van der Waals surface area contributed by atoms with Crippen molar-refractivity contribution in [1.82, 2.24) is 0 Å². The summed E-state index contributed by atoms with van der Waals surface area (Å²) in [4.78, 5) is 2.33. The molecule has 1 saturated heterocycles. The van der Waals surface area contributed by atoms with Crippen LogP contribution in [0, 0.1) is 18.3 Å². The number of hydrogen-bond acceptors (Lipinski definition) is 4. The number of aryl methyl sites for hydroxylation is 1. The first kappa shape index (κ1) is 12.7. The number of nitrogens with one attached hydrogen (secondary N) is 1. The fourth-order valence-corrected chi connectivity index (χ4v) is 2.09. The number of nitriles is 1. The van der Waals surface area contributed by atoms with E-state index in [-0.39, 0.29) is 6.04 Å². The SMILES string of the molecule is Cc1cc(N2CCOCC2)ccc1N[C@H](C)C#N. The lowest BCUT2D eigenvalue weighted by molar-refractivity contribution is 0.122. The number of benzene rings is 1. The monoisotopic (exact) mass is 245 g/mol. The van der Waals surface area contributed by atoms with E-state index in [2.05, 4.69) is 35.3 Å². The van der Waals surface area contributed by atoms with Gasteiger partial charge in [0, 0.05) is 24.5 Å². The topological polar surface area (TPSA) is 48.3 Å². The molecule has 4 nitrogen and oxygen atoms in total. The van der Waals surface area contributed by atoms with E-state index in [1.165, 1.54) is 11.3 Å². The van der Waals surface area contributed by atoms with E-state index in [1.807, 2.05) is 13.0 Å². The van der Waals surface area contributed by atoms with Gasteiger partial charge in [-0.3, -0.25) is 0 Å². The van der Waals surface area contributed by atoms with E-state index in [9.17, 15) is 0 Å². The van der Waals surface area contributed by atoms with Crippen molar-refractivity contribution in [2.24, 2.45) is 0 Å². The van der Waals surface area contributed by atoms with Gasteiger partial charge >= 0.3 is 0 Å². The quantitative estimate of drug-likeness (QED) is 0.886. The molecule has 1 fully saturated rings. The van der Waals surface area contributed by atoms with E-state index in [4.69, 9.17) is 10.00 Å². The third kappa shape index (κ3) is 2.93. The molecular formula is C14H19N3O. The molecule has 1 atom stereocenters. The molecule has 0 aromatic heterocycles.